The zero-order valence-electron chi connectivity index (χ0n) is 3.41. The first-order chi connectivity index (χ1) is 1.91. The third-order valence-corrected chi connectivity index (χ3v) is 13.5. The van der Waals surface area contributed by atoms with Crippen molar-refractivity contribution in [2.45, 2.75) is 0 Å². The van der Waals surface area contributed by atoms with Crippen LogP contribution in [0.1, 0.15) is 0 Å². The minimum atomic E-state index is 0. The second-order valence-electron chi connectivity index (χ2n) is 1.000. The third kappa shape index (κ3) is 10.9. The first-order valence-corrected chi connectivity index (χ1v) is 13.0. The van der Waals surface area contributed by atoms with Crippen LogP contribution in [-0.4, -0.2) is 53.5 Å². The first kappa shape index (κ1) is 9.58. The fourth-order valence-electron chi connectivity index (χ4n) is 0. The third-order valence-electron chi connectivity index (χ3n) is 0.500. The molecule has 26 valence electrons. The van der Waals surface area contributed by atoms with Gasteiger partial charge in [0, 0.05) is 0 Å². The van der Waals surface area contributed by atoms with Gasteiger partial charge in [0.25, 0.3) is 0 Å². The van der Waals surface area contributed by atoms with Gasteiger partial charge in [-0.15, -0.1) is 0 Å². The van der Waals surface area contributed by atoms with Crippen LogP contribution in [-0.2, 0) is 0 Å². The van der Waals surface area contributed by atoms with Gasteiger partial charge in [-0.05, 0) is 27.2 Å². The van der Waals surface area contributed by atoms with Gasteiger partial charge in [-0.2, -0.15) is 0 Å². The molecule has 0 nitrogen and oxygen atoms in total. The molecule has 0 aliphatic carbocycles. The molecule has 0 fully saturated rings. The zero-order valence-corrected chi connectivity index (χ0v) is 8.24. The molecule has 5 heteroatoms. The Morgan fingerprint density at radius 1 is 1.60 bits per heavy atom. The Labute approximate surface area is 53.7 Å². The molecule has 0 rings (SSSR count). The number of rotatable bonds is 1. The molecule has 0 atom stereocenters. The van der Waals surface area contributed by atoms with Crippen molar-refractivity contribution in [1.82, 2.24) is 0 Å². The molecule has 0 heterocycles. The minimum absolute atomic E-state index is 0. The van der Waals surface area contributed by atoms with E-state index in [1.54, 1.807) is 9.76 Å². The second kappa shape index (κ2) is 9.00. The van der Waals surface area contributed by atoms with Crippen molar-refractivity contribution >= 4 is 53.5 Å². The van der Waals surface area contributed by atoms with Gasteiger partial charge in [0.05, 0.1) is 7.44 Å². The van der Waals surface area contributed by atoms with Crippen LogP contribution in [0, 0.1) is 0 Å². The molecule has 0 aromatic carbocycles. The van der Waals surface area contributed by atoms with Crippen molar-refractivity contribution in [2.75, 3.05) is 0 Å². The summed E-state index contributed by atoms with van der Waals surface area (Å²) in [5.74, 6) is 0. The van der Waals surface area contributed by atoms with Gasteiger partial charge in [-0.1, -0.05) is 0 Å². The standard InChI is InChI=1S/BH9Si3.Li.H/c1-3-4-2;;/h1,3-4H2,2H3;;. The van der Waals surface area contributed by atoms with Gasteiger partial charge in [0.2, 0.25) is 0 Å². The molecule has 5 heavy (non-hydrogen) atoms. The molecule has 0 saturated carbocycles. The summed E-state index contributed by atoms with van der Waals surface area (Å²) in [5, 5.41) is 0. The van der Waals surface area contributed by atoms with E-state index in [1.165, 1.54) is 0 Å². The molecule has 0 aromatic heterocycles. The van der Waals surface area contributed by atoms with Crippen LogP contribution in [0.2, 0.25) is 0 Å². The summed E-state index contributed by atoms with van der Waals surface area (Å²) < 4.78 is 0. The molecule has 0 saturated heterocycles. The molecule has 0 radical (unpaired) electrons. The molecule has 0 unspecified atom stereocenters. The predicted molar refractivity (Wildman–Crippen MR) is 42.7 cm³/mol. The van der Waals surface area contributed by atoms with Crippen LogP contribution >= 0.6 is 0 Å². The average molecular weight is 112 g/mol. The fourth-order valence-corrected chi connectivity index (χ4v) is 0. The van der Waals surface area contributed by atoms with Crippen LogP contribution < -0.4 is 0 Å². The van der Waals surface area contributed by atoms with Crippen molar-refractivity contribution in [3.8, 4) is 0 Å². The van der Waals surface area contributed by atoms with E-state index in [4.69, 9.17) is 0 Å². The Kier molecular flexibility index (Phi) is 17.3. The van der Waals surface area contributed by atoms with E-state index in [2.05, 4.69) is 7.44 Å². The number of hydrogen-bond acceptors (Lipinski definition) is 0. The van der Waals surface area contributed by atoms with E-state index >= 15 is 0 Å². The first-order valence-electron chi connectivity index (χ1n) is 1.91. The van der Waals surface area contributed by atoms with E-state index in [-0.39, 0.29) is 18.9 Å². The van der Waals surface area contributed by atoms with Crippen molar-refractivity contribution in [3.63, 3.8) is 0 Å². The fraction of sp³-hybridized carbons (Fsp3) is 0. The molecule has 0 bridgehead atoms. The Morgan fingerprint density at radius 3 is 1.80 bits per heavy atom. The molecule has 0 aliphatic rings. The second-order valence-corrected chi connectivity index (χ2v) is 18.0. The number of hydrogen-bond donors (Lipinski definition) is 0. The molecule has 0 aliphatic heterocycles. The Bertz CT molecular complexity index is 8.85. The normalized spacial score (nSPS) is 11.2. The van der Waals surface area contributed by atoms with E-state index in [1.807, 2.05) is 0 Å². The van der Waals surface area contributed by atoms with Gasteiger partial charge in [-0.25, -0.2) is 0 Å². The van der Waals surface area contributed by atoms with Crippen molar-refractivity contribution in [2.24, 2.45) is 0 Å². The topological polar surface area (TPSA) is 0 Å². The van der Waals surface area contributed by atoms with Gasteiger partial charge >= 0.3 is 18.9 Å². The average Bonchev–Trinajstić information content (AvgIpc) is 1.37. The summed E-state index contributed by atoms with van der Waals surface area (Å²) in [6.45, 7) is 0. The summed E-state index contributed by atoms with van der Waals surface area (Å²) in [5.41, 5.74) is 0. The van der Waals surface area contributed by atoms with Crippen molar-refractivity contribution in [3.05, 3.63) is 0 Å². The van der Waals surface area contributed by atoms with Gasteiger partial charge < -0.3 is 0 Å². The van der Waals surface area contributed by atoms with Crippen molar-refractivity contribution < 1.29 is 0 Å². The van der Waals surface area contributed by atoms with Crippen LogP contribution in [0.3, 0.4) is 0 Å². The van der Waals surface area contributed by atoms with Crippen molar-refractivity contribution in [1.29, 1.82) is 0 Å². The molecule has 0 spiro atoms. The maximum absolute atomic E-state index is 2.42. The Balaban J connectivity index is 0. The van der Waals surface area contributed by atoms with E-state index in [0.717, 1.165) is 0 Å². The molecule has 0 N–H and O–H groups in total. The summed E-state index contributed by atoms with van der Waals surface area (Å²) >= 11 is 0. The monoisotopic (exact) mass is 112 g/mol. The summed E-state index contributed by atoms with van der Waals surface area (Å²) in [6.07, 6.45) is 0. The van der Waals surface area contributed by atoms with Crippen LogP contribution in [0.15, 0.2) is 0 Å². The molecule has 0 amide bonds. The van der Waals surface area contributed by atoms with Gasteiger partial charge in [0.1, 0.15) is 0 Å². The van der Waals surface area contributed by atoms with Gasteiger partial charge in [0.15, 0.2) is 0 Å². The molecule has 0 aromatic rings. The van der Waals surface area contributed by atoms with E-state index in [9.17, 15) is 0 Å². The predicted octanol–water partition coefficient (Wildman–Crippen LogP) is -4.58. The summed E-state index contributed by atoms with van der Waals surface area (Å²) in [4.78, 5) is 0. The Morgan fingerprint density at radius 2 is 1.80 bits per heavy atom. The van der Waals surface area contributed by atoms with E-state index in [0.29, 0.717) is 17.5 Å². The van der Waals surface area contributed by atoms with Gasteiger partial charge in [-0.3, -0.25) is 0 Å². The SMILES string of the molecule is B[SiH2][SiH2][SiH3].[LiH]. The Hall–Kier alpha value is 1.31. The quantitative estimate of drug-likeness (QED) is 0.299. The van der Waals surface area contributed by atoms with Crippen LogP contribution in [0.25, 0.3) is 0 Å². The van der Waals surface area contributed by atoms with E-state index < -0.39 is 0 Å². The van der Waals surface area contributed by atoms with Crippen LogP contribution in [0.4, 0.5) is 0 Å². The zero-order chi connectivity index (χ0) is 3.41. The molecular formula is H10BLiSi3. The summed E-state index contributed by atoms with van der Waals surface area (Å²) in [7, 11) is 5.33. The summed E-state index contributed by atoms with van der Waals surface area (Å²) in [6, 6.07) is 0. The van der Waals surface area contributed by atoms with Crippen LogP contribution in [0.5, 0.6) is 0 Å². The molecular weight excluding hydrogens is 102 g/mol. The maximum atomic E-state index is 2.42.